The van der Waals surface area contributed by atoms with Gasteiger partial charge in [0.1, 0.15) is 0 Å². The normalized spacial score (nSPS) is 8.10. The molecule has 0 bridgehead atoms. The lowest BCUT2D eigenvalue weighted by Gasteiger charge is -1.78. The van der Waals surface area contributed by atoms with Crippen LogP contribution in [-0.2, 0) is 4.79 Å². The largest absolute Gasteiger partial charge is 0.478 e. The Labute approximate surface area is 65.9 Å². The lowest BCUT2D eigenvalue weighted by Crippen LogP contribution is -1.82. The van der Waals surface area contributed by atoms with Gasteiger partial charge in [-0.15, -0.1) is 0 Å². The summed E-state index contributed by atoms with van der Waals surface area (Å²) in [7, 11) is 5.70. The van der Waals surface area contributed by atoms with Crippen molar-refractivity contribution in [3.8, 4) is 0 Å². The van der Waals surface area contributed by atoms with Crippen molar-refractivity contribution in [3.05, 3.63) is 12.7 Å². The lowest BCUT2D eigenvalue weighted by molar-refractivity contribution is -0.131. The molecule has 0 amide bonds. The minimum atomic E-state index is -0.981. The van der Waals surface area contributed by atoms with Gasteiger partial charge in [-0.3, -0.25) is 4.86 Å². The Balaban J connectivity index is 0. The molecule has 0 fully saturated rings. The van der Waals surface area contributed by atoms with Crippen LogP contribution in [-0.4, -0.2) is 11.1 Å². The molecule has 2 unspecified atom stereocenters. The fourth-order valence-corrected chi connectivity index (χ4v) is 0.871. The number of hydrogen-bond donors (Lipinski definition) is 2. The third kappa shape index (κ3) is 24.2. The number of hydrogen-bond acceptors (Lipinski definition) is 3. The van der Waals surface area contributed by atoms with E-state index < -0.39 is 5.97 Å². The molecule has 10 heavy (non-hydrogen) atoms. The van der Waals surface area contributed by atoms with Gasteiger partial charge in [0.2, 0.25) is 0 Å². The molecule has 0 aromatic rings. The summed E-state index contributed by atoms with van der Waals surface area (Å²) in [5.74, 6) is -0.981. The van der Waals surface area contributed by atoms with Crippen LogP contribution in [0.2, 0.25) is 0 Å². The Bertz CT molecular complexity index is 118. The summed E-state index contributed by atoms with van der Waals surface area (Å²) < 4.78 is 3.56. The van der Waals surface area contributed by atoms with Crippen LogP contribution in [0.5, 0.6) is 0 Å². The number of carboxylic acids is 1. The van der Waals surface area contributed by atoms with E-state index in [1.807, 2.05) is 0 Å². The summed E-state index contributed by atoms with van der Waals surface area (Å²) in [6, 6.07) is 0. The highest BCUT2D eigenvalue weighted by Crippen LogP contribution is 2.06. The van der Waals surface area contributed by atoms with Crippen molar-refractivity contribution < 1.29 is 9.90 Å². The smallest absolute Gasteiger partial charge is 0.327 e. The Morgan fingerprint density at radius 3 is 2.40 bits per heavy atom. The molecule has 2 N–H and O–H groups in total. The van der Waals surface area contributed by atoms with E-state index in [0.717, 1.165) is 6.08 Å². The molecule has 2 atom stereocenters. The molecule has 0 heterocycles. The van der Waals surface area contributed by atoms with Gasteiger partial charge in [0.15, 0.2) is 0 Å². The molecular formula is C3H9N2O2P3. The van der Waals surface area contributed by atoms with Gasteiger partial charge in [-0.2, -0.15) is 0 Å². The van der Waals surface area contributed by atoms with Crippen molar-refractivity contribution in [2.45, 2.75) is 0 Å². The number of carbonyl (C=O) groups is 1. The molecule has 0 saturated heterocycles. The van der Waals surface area contributed by atoms with Gasteiger partial charge in [0.05, 0.1) is 8.88 Å². The fraction of sp³-hybridized carbons (Fsp3) is 0. The summed E-state index contributed by atoms with van der Waals surface area (Å²) >= 11 is 0. The molecular weight excluding hydrogens is 189 g/mol. The Hall–Kier alpha value is 0.130. The minimum Gasteiger partial charge on any atom is -0.478 e. The van der Waals surface area contributed by atoms with E-state index in [0.29, 0.717) is 8.88 Å². The third-order valence-corrected chi connectivity index (χ3v) is 1.26. The van der Waals surface area contributed by atoms with E-state index >= 15 is 0 Å². The second-order valence-electron chi connectivity index (χ2n) is 0.910. The van der Waals surface area contributed by atoms with Crippen LogP contribution >= 0.6 is 27.3 Å². The van der Waals surface area contributed by atoms with E-state index in [1.165, 1.54) is 0 Å². The number of rotatable bonds is 3. The van der Waals surface area contributed by atoms with Crippen molar-refractivity contribution in [3.63, 3.8) is 0 Å². The zero-order chi connectivity index (χ0) is 8.41. The number of aliphatic carboxylic acids is 1. The van der Waals surface area contributed by atoms with Gasteiger partial charge in [0, 0.05) is 6.08 Å². The van der Waals surface area contributed by atoms with Gasteiger partial charge >= 0.3 is 5.97 Å². The topological polar surface area (TPSA) is 61.7 Å². The first-order valence-corrected chi connectivity index (χ1v) is 4.08. The van der Waals surface area contributed by atoms with Crippen LogP contribution in [0.25, 0.3) is 0 Å². The fourth-order valence-electron chi connectivity index (χ4n) is 0.0323. The van der Waals surface area contributed by atoms with Crippen LogP contribution in [0.3, 0.4) is 0 Å². The highest BCUT2D eigenvalue weighted by molar-refractivity contribution is 7.46. The molecule has 4 nitrogen and oxygen atoms in total. The van der Waals surface area contributed by atoms with Crippen LogP contribution in [0.4, 0.5) is 0 Å². The van der Waals surface area contributed by atoms with Gasteiger partial charge in [-0.1, -0.05) is 16.0 Å². The summed E-state index contributed by atoms with van der Waals surface area (Å²) in [6.45, 7) is 2.96. The van der Waals surface area contributed by atoms with Gasteiger partial charge in [-0.05, 0) is 9.03 Å². The number of carboxylic acid groups (broad SMARTS) is 1. The van der Waals surface area contributed by atoms with Crippen molar-refractivity contribution in [1.29, 1.82) is 0 Å². The summed E-state index contributed by atoms with van der Waals surface area (Å²) in [5.41, 5.74) is 0. The molecule has 0 aromatic heterocycles. The quantitative estimate of drug-likeness (QED) is 0.533. The monoisotopic (exact) mass is 198 g/mol. The summed E-state index contributed by atoms with van der Waals surface area (Å²) in [6.07, 6.45) is 0.833. The molecule has 0 spiro atoms. The highest BCUT2D eigenvalue weighted by Gasteiger charge is 1.73. The molecule has 7 heteroatoms. The van der Waals surface area contributed by atoms with E-state index in [1.54, 1.807) is 0 Å². The Morgan fingerprint density at radius 1 is 2.00 bits per heavy atom. The van der Waals surface area contributed by atoms with Crippen molar-refractivity contribution in [2.24, 2.45) is 4.52 Å². The molecule has 58 valence electrons. The van der Waals surface area contributed by atoms with Crippen molar-refractivity contribution in [2.75, 3.05) is 0 Å². The van der Waals surface area contributed by atoms with Gasteiger partial charge in [-0.25, -0.2) is 9.31 Å². The SMILES string of the molecule is C=CC(=O)O.P=NPNP. The summed E-state index contributed by atoms with van der Waals surface area (Å²) in [4.78, 5) is 12.0. The average Bonchev–Trinajstić information content (AvgIpc) is 1.91. The molecule has 0 radical (unpaired) electrons. The van der Waals surface area contributed by atoms with E-state index in [-0.39, 0.29) is 0 Å². The average molecular weight is 198 g/mol. The molecule has 0 aliphatic carbocycles. The van der Waals surface area contributed by atoms with E-state index in [2.05, 4.69) is 34.4 Å². The Morgan fingerprint density at radius 2 is 2.40 bits per heavy atom. The first-order valence-electron chi connectivity index (χ1n) is 2.11. The predicted molar refractivity (Wildman–Crippen MR) is 49.7 cm³/mol. The van der Waals surface area contributed by atoms with E-state index in [9.17, 15) is 4.79 Å². The first-order chi connectivity index (χ1) is 4.68. The lowest BCUT2D eigenvalue weighted by atomic mass is 10.7. The summed E-state index contributed by atoms with van der Waals surface area (Å²) in [5, 5.41) is 7.60. The van der Waals surface area contributed by atoms with Crippen molar-refractivity contribution >= 4 is 33.3 Å². The maximum Gasteiger partial charge on any atom is 0.327 e. The zero-order valence-electron chi connectivity index (χ0n) is 5.16. The van der Waals surface area contributed by atoms with Crippen LogP contribution in [0.15, 0.2) is 17.2 Å². The standard InChI is InChI=1S/C3H4O2.H5N2P3/c1-2-3(4)5;3-1-5-2-4/h2H,1H2,(H,4,5);1,4-5H,3H2. The molecule has 0 aromatic carbocycles. The second-order valence-corrected chi connectivity index (χ2v) is 3.18. The molecule has 0 aliphatic heterocycles. The van der Waals surface area contributed by atoms with Crippen LogP contribution in [0.1, 0.15) is 0 Å². The Kier molecular flexibility index (Phi) is 15.2. The highest BCUT2D eigenvalue weighted by atomic mass is 31.1. The first kappa shape index (κ1) is 12.8. The number of nitrogens with one attached hydrogen (secondary N) is 1. The van der Waals surface area contributed by atoms with Crippen LogP contribution < -0.4 is 4.86 Å². The van der Waals surface area contributed by atoms with Crippen molar-refractivity contribution in [1.82, 2.24) is 4.86 Å². The third-order valence-electron chi connectivity index (χ3n) is 0.295. The molecule has 0 aliphatic rings. The molecule has 0 rings (SSSR count). The van der Waals surface area contributed by atoms with Gasteiger partial charge in [0.25, 0.3) is 0 Å². The van der Waals surface area contributed by atoms with E-state index in [4.69, 9.17) is 5.11 Å². The maximum absolute atomic E-state index is 9.25. The predicted octanol–water partition coefficient (Wildman–Crippen LogP) is 1.46. The molecule has 0 saturated carbocycles. The van der Waals surface area contributed by atoms with Gasteiger partial charge < -0.3 is 5.11 Å². The zero-order valence-corrected chi connectivity index (χ0v) is 8.32. The van der Waals surface area contributed by atoms with Crippen LogP contribution in [0, 0.1) is 0 Å². The second kappa shape index (κ2) is 11.9. The minimum absolute atomic E-state index is 0.449. The number of nitrogens with zero attached hydrogens (tertiary/aromatic N) is 1. The maximum atomic E-state index is 9.25.